The molecule has 0 radical (unpaired) electrons. The van der Waals surface area contributed by atoms with Crippen LogP contribution in [0, 0.1) is 5.82 Å². The van der Waals surface area contributed by atoms with Crippen LogP contribution in [-0.2, 0) is 11.3 Å². The summed E-state index contributed by atoms with van der Waals surface area (Å²) in [6, 6.07) is 8.00. The SMILES string of the molecule is O=C(CCn1cncn1)Nc1ccc(-c2ccco2)cc1F. The second-order valence-electron chi connectivity index (χ2n) is 4.63. The van der Waals surface area contributed by atoms with E-state index in [2.05, 4.69) is 15.4 Å². The molecule has 0 aliphatic carbocycles. The minimum absolute atomic E-state index is 0.138. The molecule has 2 aromatic heterocycles. The van der Waals surface area contributed by atoms with E-state index in [-0.39, 0.29) is 18.0 Å². The highest BCUT2D eigenvalue weighted by Gasteiger charge is 2.10. The molecule has 0 spiro atoms. The molecular weight excluding hydrogens is 287 g/mol. The normalized spacial score (nSPS) is 10.6. The van der Waals surface area contributed by atoms with E-state index in [4.69, 9.17) is 4.42 Å². The number of anilines is 1. The van der Waals surface area contributed by atoms with E-state index in [1.165, 1.54) is 35.7 Å². The molecule has 0 fully saturated rings. The Bertz CT molecular complexity index is 754. The van der Waals surface area contributed by atoms with Gasteiger partial charge in [0.2, 0.25) is 5.91 Å². The van der Waals surface area contributed by atoms with E-state index < -0.39 is 5.82 Å². The Labute approximate surface area is 125 Å². The molecular formula is C15H13FN4O2. The third-order valence-corrected chi connectivity index (χ3v) is 3.08. The lowest BCUT2D eigenvalue weighted by Gasteiger charge is -2.07. The zero-order valence-corrected chi connectivity index (χ0v) is 11.6. The van der Waals surface area contributed by atoms with E-state index in [0.29, 0.717) is 17.9 Å². The number of benzene rings is 1. The van der Waals surface area contributed by atoms with Crippen LogP contribution in [0.5, 0.6) is 0 Å². The maximum absolute atomic E-state index is 14.0. The van der Waals surface area contributed by atoms with Crippen LogP contribution in [0.2, 0.25) is 0 Å². The number of carbonyl (C=O) groups excluding carboxylic acids is 1. The van der Waals surface area contributed by atoms with Crippen LogP contribution in [0.25, 0.3) is 11.3 Å². The Hall–Kier alpha value is -2.96. The van der Waals surface area contributed by atoms with E-state index >= 15 is 0 Å². The van der Waals surface area contributed by atoms with Gasteiger partial charge in [-0.2, -0.15) is 5.10 Å². The monoisotopic (exact) mass is 300 g/mol. The quantitative estimate of drug-likeness (QED) is 0.786. The predicted molar refractivity (Wildman–Crippen MR) is 77.4 cm³/mol. The highest BCUT2D eigenvalue weighted by Crippen LogP contribution is 2.24. The molecule has 0 bridgehead atoms. The van der Waals surface area contributed by atoms with Crippen LogP contribution in [0.1, 0.15) is 6.42 Å². The van der Waals surface area contributed by atoms with Gasteiger partial charge in [0.1, 0.15) is 24.2 Å². The van der Waals surface area contributed by atoms with Crippen molar-refractivity contribution in [3.05, 3.63) is 55.1 Å². The highest BCUT2D eigenvalue weighted by molar-refractivity contribution is 5.91. The minimum Gasteiger partial charge on any atom is -0.464 e. The Morgan fingerprint density at radius 2 is 2.27 bits per heavy atom. The van der Waals surface area contributed by atoms with Crippen LogP contribution < -0.4 is 5.32 Å². The van der Waals surface area contributed by atoms with Crippen LogP contribution >= 0.6 is 0 Å². The van der Waals surface area contributed by atoms with E-state index in [1.54, 1.807) is 18.2 Å². The number of nitrogens with zero attached hydrogens (tertiary/aromatic N) is 3. The van der Waals surface area contributed by atoms with Crippen molar-refractivity contribution in [1.29, 1.82) is 0 Å². The topological polar surface area (TPSA) is 73.0 Å². The molecule has 0 saturated carbocycles. The molecule has 3 aromatic rings. The van der Waals surface area contributed by atoms with Gasteiger partial charge in [0.05, 0.1) is 18.5 Å². The first kappa shape index (κ1) is 14.0. The third kappa shape index (κ3) is 3.20. The first-order valence-electron chi connectivity index (χ1n) is 6.68. The molecule has 0 aliphatic rings. The smallest absolute Gasteiger partial charge is 0.226 e. The van der Waals surface area contributed by atoms with Gasteiger partial charge in [-0.3, -0.25) is 9.48 Å². The average Bonchev–Trinajstić information content (AvgIpc) is 3.20. The van der Waals surface area contributed by atoms with E-state index in [0.717, 1.165) is 0 Å². The summed E-state index contributed by atoms with van der Waals surface area (Å²) in [5, 5.41) is 6.43. The van der Waals surface area contributed by atoms with Crippen molar-refractivity contribution in [1.82, 2.24) is 14.8 Å². The maximum atomic E-state index is 14.0. The largest absolute Gasteiger partial charge is 0.464 e. The van der Waals surface area contributed by atoms with Crippen LogP contribution in [0.15, 0.2) is 53.7 Å². The summed E-state index contributed by atoms with van der Waals surface area (Å²) in [4.78, 5) is 15.6. The number of rotatable bonds is 5. The zero-order chi connectivity index (χ0) is 15.4. The lowest BCUT2D eigenvalue weighted by molar-refractivity contribution is -0.116. The van der Waals surface area contributed by atoms with Gasteiger partial charge in [0.15, 0.2) is 0 Å². The molecule has 6 nitrogen and oxygen atoms in total. The summed E-state index contributed by atoms with van der Waals surface area (Å²) >= 11 is 0. The molecule has 0 aliphatic heterocycles. The van der Waals surface area contributed by atoms with Gasteiger partial charge in [-0.15, -0.1) is 0 Å². The number of halogens is 1. The molecule has 2 heterocycles. The van der Waals surface area contributed by atoms with Gasteiger partial charge in [-0.25, -0.2) is 9.37 Å². The Morgan fingerprint density at radius 1 is 1.36 bits per heavy atom. The summed E-state index contributed by atoms with van der Waals surface area (Å²) in [7, 11) is 0. The zero-order valence-electron chi connectivity index (χ0n) is 11.6. The summed E-state index contributed by atoms with van der Waals surface area (Å²) in [6.45, 7) is 0.387. The maximum Gasteiger partial charge on any atom is 0.226 e. The van der Waals surface area contributed by atoms with Gasteiger partial charge in [0, 0.05) is 12.0 Å². The lowest BCUT2D eigenvalue weighted by atomic mass is 10.1. The fraction of sp³-hybridized carbons (Fsp3) is 0.133. The molecule has 1 amide bonds. The first-order chi connectivity index (χ1) is 10.7. The Morgan fingerprint density at radius 3 is 2.95 bits per heavy atom. The number of aryl methyl sites for hydroxylation is 1. The molecule has 22 heavy (non-hydrogen) atoms. The summed E-state index contributed by atoms with van der Waals surface area (Å²) in [6.07, 6.45) is 4.62. The number of hydrogen-bond acceptors (Lipinski definition) is 4. The van der Waals surface area contributed by atoms with Crippen LogP contribution in [0.4, 0.5) is 10.1 Å². The molecule has 112 valence electrons. The Kier molecular flexibility index (Phi) is 3.95. The van der Waals surface area contributed by atoms with Crippen molar-refractivity contribution in [2.75, 3.05) is 5.32 Å². The molecule has 0 saturated heterocycles. The minimum atomic E-state index is -0.511. The first-order valence-corrected chi connectivity index (χ1v) is 6.68. The summed E-state index contributed by atoms with van der Waals surface area (Å²) in [5.41, 5.74) is 0.752. The van der Waals surface area contributed by atoms with Gasteiger partial charge in [-0.1, -0.05) is 0 Å². The Balaban J connectivity index is 1.63. The number of carbonyl (C=O) groups is 1. The van der Waals surface area contributed by atoms with Crippen LogP contribution in [-0.4, -0.2) is 20.7 Å². The third-order valence-electron chi connectivity index (χ3n) is 3.08. The van der Waals surface area contributed by atoms with E-state index in [1.807, 2.05) is 0 Å². The van der Waals surface area contributed by atoms with Crippen molar-refractivity contribution in [2.24, 2.45) is 0 Å². The van der Waals surface area contributed by atoms with Gasteiger partial charge in [-0.05, 0) is 30.3 Å². The number of amides is 1. The van der Waals surface area contributed by atoms with E-state index in [9.17, 15) is 9.18 Å². The summed E-state index contributed by atoms with van der Waals surface area (Å²) in [5.74, 6) is -0.230. The molecule has 0 atom stereocenters. The average molecular weight is 300 g/mol. The molecule has 3 rings (SSSR count). The van der Waals surface area contributed by atoms with Crippen molar-refractivity contribution in [2.45, 2.75) is 13.0 Å². The van der Waals surface area contributed by atoms with Crippen molar-refractivity contribution >= 4 is 11.6 Å². The summed E-state index contributed by atoms with van der Waals surface area (Å²) < 4.78 is 20.8. The van der Waals surface area contributed by atoms with Crippen molar-refractivity contribution in [3.63, 3.8) is 0 Å². The van der Waals surface area contributed by atoms with Gasteiger partial charge < -0.3 is 9.73 Å². The number of hydrogen-bond donors (Lipinski definition) is 1. The standard InChI is InChI=1S/C15H13FN4O2/c16-12-8-11(14-2-1-7-22-14)3-4-13(12)19-15(21)5-6-20-10-17-9-18-20/h1-4,7-10H,5-6H2,(H,19,21). The van der Waals surface area contributed by atoms with Gasteiger partial charge in [0.25, 0.3) is 0 Å². The van der Waals surface area contributed by atoms with Crippen molar-refractivity contribution in [3.8, 4) is 11.3 Å². The lowest BCUT2D eigenvalue weighted by Crippen LogP contribution is -2.15. The number of aromatic nitrogens is 3. The van der Waals surface area contributed by atoms with Crippen LogP contribution in [0.3, 0.4) is 0 Å². The number of nitrogens with one attached hydrogen (secondary N) is 1. The van der Waals surface area contributed by atoms with Gasteiger partial charge >= 0.3 is 0 Å². The second-order valence-corrected chi connectivity index (χ2v) is 4.63. The fourth-order valence-corrected chi connectivity index (χ4v) is 1.99. The van der Waals surface area contributed by atoms with Crippen molar-refractivity contribution < 1.29 is 13.6 Å². The second kappa shape index (κ2) is 6.21. The molecule has 7 heteroatoms. The molecule has 1 N–H and O–H groups in total. The number of furan rings is 1. The highest BCUT2D eigenvalue weighted by atomic mass is 19.1. The molecule has 1 aromatic carbocycles. The molecule has 0 unspecified atom stereocenters. The predicted octanol–water partition coefficient (Wildman–Crippen LogP) is 2.71. The fourth-order valence-electron chi connectivity index (χ4n) is 1.99.